The van der Waals surface area contributed by atoms with Gasteiger partial charge in [0.15, 0.2) is 5.65 Å². The highest BCUT2D eigenvalue weighted by Crippen LogP contribution is 2.12. The van der Waals surface area contributed by atoms with Crippen molar-refractivity contribution < 1.29 is 4.79 Å². The second-order valence-electron chi connectivity index (χ2n) is 5.95. The van der Waals surface area contributed by atoms with Crippen LogP contribution in [0.4, 0.5) is 0 Å². The van der Waals surface area contributed by atoms with Gasteiger partial charge in [0, 0.05) is 38.9 Å². The standard InChI is InChI=1S/C17H18N6O/c24-17(15-6-7-16-18-19-20-23(16)13-15)22-10-8-21(9-11-22)12-14-4-2-1-3-5-14/h1-7,13H,8-12H2. The monoisotopic (exact) mass is 322 g/mol. The molecule has 1 saturated heterocycles. The first kappa shape index (κ1) is 14.8. The van der Waals surface area contributed by atoms with E-state index in [4.69, 9.17) is 0 Å². The van der Waals surface area contributed by atoms with E-state index in [1.165, 1.54) is 10.1 Å². The van der Waals surface area contributed by atoms with Crippen molar-refractivity contribution in [3.8, 4) is 0 Å². The van der Waals surface area contributed by atoms with Crippen molar-refractivity contribution in [1.82, 2.24) is 29.8 Å². The average Bonchev–Trinajstić information content (AvgIpc) is 3.10. The first-order valence-corrected chi connectivity index (χ1v) is 8.03. The molecular weight excluding hydrogens is 304 g/mol. The largest absolute Gasteiger partial charge is 0.336 e. The van der Waals surface area contributed by atoms with E-state index in [1.807, 2.05) is 11.0 Å². The van der Waals surface area contributed by atoms with Crippen LogP contribution in [0.3, 0.4) is 0 Å². The number of hydrogen-bond donors (Lipinski definition) is 0. The van der Waals surface area contributed by atoms with E-state index >= 15 is 0 Å². The minimum Gasteiger partial charge on any atom is -0.336 e. The van der Waals surface area contributed by atoms with Crippen LogP contribution in [0.2, 0.25) is 0 Å². The summed E-state index contributed by atoms with van der Waals surface area (Å²) in [6.45, 7) is 4.17. The lowest BCUT2D eigenvalue weighted by molar-refractivity contribution is 0.0628. The van der Waals surface area contributed by atoms with Gasteiger partial charge in [-0.15, -0.1) is 5.10 Å². The highest BCUT2D eigenvalue weighted by atomic mass is 16.2. The van der Waals surface area contributed by atoms with Crippen molar-refractivity contribution in [3.63, 3.8) is 0 Å². The van der Waals surface area contributed by atoms with Gasteiger partial charge in [-0.05, 0) is 28.1 Å². The van der Waals surface area contributed by atoms with Gasteiger partial charge in [-0.2, -0.15) is 4.52 Å². The van der Waals surface area contributed by atoms with E-state index in [0.29, 0.717) is 11.2 Å². The lowest BCUT2D eigenvalue weighted by Gasteiger charge is -2.34. The Hall–Kier alpha value is -2.80. The highest BCUT2D eigenvalue weighted by molar-refractivity contribution is 5.94. The molecule has 1 aromatic carbocycles. The number of fused-ring (bicyclic) bond motifs is 1. The molecule has 0 aliphatic carbocycles. The molecule has 1 amide bonds. The molecule has 1 fully saturated rings. The molecule has 0 N–H and O–H groups in total. The molecule has 122 valence electrons. The molecular formula is C17H18N6O. The lowest BCUT2D eigenvalue weighted by atomic mass is 10.2. The third-order valence-corrected chi connectivity index (χ3v) is 4.35. The smallest absolute Gasteiger partial charge is 0.255 e. The minimum atomic E-state index is 0.0340. The molecule has 1 aliphatic heterocycles. The average molecular weight is 322 g/mol. The van der Waals surface area contributed by atoms with Gasteiger partial charge in [-0.1, -0.05) is 30.3 Å². The Bertz CT molecular complexity index is 838. The van der Waals surface area contributed by atoms with Crippen molar-refractivity contribution in [2.24, 2.45) is 0 Å². The lowest BCUT2D eigenvalue weighted by Crippen LogP contribution is -2.48. The Morgan fingerprint density at radius 2 is 1.79 bits per heavy atom. The molecule has 1 aliphatic rings. The van der Waals surface area contributed by atoms with Gasteiger partial charge in [0.2, 0.25) is 0 Å². The third kappa shape index (κ3) is 2.98. The molecule has 0 radical (unpaired) electrons. The second kappa shape index (κ2) is 6.37. The summed E-state index contributed by atoms with van der Waals surface area (Å²) in [6, 6.07) is 14.0. The molecule has 24 heavy (non-hydrogen) atoms. The summed E-state index contributed by atoms with van der Waals surface area (Å²) in [6.07, 6.45) is 1.69. The minimum absolute atomic E-state index is 0.0340. The molecule has 0 bridgehead atoms. The van der Waals surface area contributed by atoms with Crippen LogP contribution in [-0.2, 0) is 6.54 Å². The number of pyridine rings is 1. The predicted octanol–water partition coefficient (Wildman–Crippen LogP) is 1.08. The van der Waals surface area contributed by atoms with Crippen LogP contribution in [0.15, 0.2) is 48.7 Å². The number of nitrogens with zero attached hydrogens (tertiary/aromatic N) is 6. The Labute approximate surface area is 139 Å². The maximum atomic E-state index is 12.7. The number of tetrazole rings is 1. The number of carbonyl (C=O) groups is 1. The van der Waals surface area contributed by atoms with E-state index in [-0.39, 0.29) is 5.91 Å². The molecule has 7 heteroatoms. The Balaban J connectivity index is 1.39. The van der Waals surface area contributed by atoms with E-state index in [9.17, 15) is 4.79 Å². The van der Waals surface area contributed by atoms with Crippen LogP contribution < -0.4 is 0 Å². The summed E-state index contributed by atoms with van der Waals surface area (Å²) in [7, 11) is 0. The number of carbonyl (C=O) groups excluding carboxylic acids is 1. The van der Waals surface area contributed by atoms with Crippen LogP contribution >= 0.6 is 0 Å². The Morgan fingerprint density at radius 3 is 2.58 bits per heavy atom. The fraction of sp³-hybridized carbons (Fsp3) is 0.294. The van der Waals surface area contributed by atoms with E-state index < -0.39 is 0 Å². The van der Waals surface area contributed by atoms with Crippen LogP contribution in [0.1, 0.15) is 15.9 Å². The molecule has 0 saturated carbocycles. The van der Waals surface area contributed by atoms with Crippen molar-refractivity contribution >= 4 is 11.6 Å². The van der Waals surface area contributed by atoms with Gasteiger partial charge < -0.3 is 4.90 Å². The zero-order valence-corrected chi connectivity index (χ0v) is 13.2. The first-order chi connectivity index (χ1) is 11.8. The molecule has 0 unspecified atom stereocenters. The van der Waals surface area contributed by atoms with Gasteiger partial charge in [-0.25, -0.2) is 0 Å². The van der Waals surface area contributed by atoms with Crippen molar-refractivity contribution in [2.75, 3.05) is 26.2 Å². The van der Waals surface area contributed by atoms with Crippen LogP contribution in [-0.4, -0.2) is 61.9 Å². The second-order valence-corrected chi connectivity index (χ2v) is 5.95. The molecule has 3 heterocycles. The maximum absolute atomic E-state index is 12.7. The Morgan fingerprint density at radius 1 is 1.00 bits per heavy atom. The van der Waals surface area contributed by atoms with Crippen LogP contribution in [0.25, 0.3) is 5.65 Å². The normalized spacial score (nSPS) is 15.8. The third-order valence-electron chi connectivity index (χ3n) is 4.35. The van der Waals surface area contributed by atoms with Crippen LogP contribution in [0, 0.1) is 0 Å². The molecule has 4 rings (SSSR count). The fourth-order valence-corrected chi connectivity index (χ4v) is 3.00. The van der Waals surface area contributed by atoms with Crippen LogP contribution in [0.5, 0.6) is 0 Å². The molecule has 7 nitrogen and oxygen atoms in total. The van der Waals surface area contributed by atoms with Crippen molar-refractivity contribution in [2.45, 2.75) is 6.54 Å². The predicted molar refractivity (Wildman–Crippen MR) is 88.4 cm³/mol. The SMILES string of the molecule is O=C(c1ccc2nnnn2c1)N1CCN(Cc2ccccc2)CC1. The summed E-state index contributed by atoms with van der Waals surface area (Å²) in [4.78, 5) is 16.9. The van der Waals surface area contributed by atoms with Gasteiger partial charge in [0.25, 0.3) is 5.91 Å². The number of hydrogen-bond acceptors (Lipinski definition) is 5. The van der Waals surface area contributed by atoms with Gasteiger partial charge >= 0.3 is 0 Å². The fourth-order valence-electron chi connectivity index (χ4n) is 3.00. The summed E-state index contributed by atoms with van der Waals surface area (Å²) < 4.78 is 1.53. The summed E-state index contributed by atoms with van der Waals surface area (Å²) in [5, 5.41) is 11.3. The zero-order valence-electron chi connectivity index (χ0n) is 13.2. The zero-order chi connectivity index (χ0) is 16.4. The summed E-state index contributed by atoms with van der Waals surface area (Å²) >= 11 is 0. The van der Waals surface area contributed by atoms with Gasteiger partial charge in [-0.3, -0.25) is 9.69 Å². The first-order valence-electron chi connectivity index (χ1n) is 8.03. The highest BCUT2D eigenvalue weighted by Gasteiger charge is 2.22. The molecule has 0 spiro atoms. The molecule has 3 aromatic rings. The van der Waals surface area contributed by atoms with E-state index in [2.05, 4.69) is 44.7 Å². The number of rotatable bonds is 3. The topological polar surface area (TPSA) is 66.6 Å². The van der Waals surface area contributed by atoms with Crippen molar-refractivity contribution in [3.05, 3.63) is 59.8 Å². The Kier molecular flexibility index (Phi) is 3.92. The summed E-state index contributed by atoms with van der Waals surface area (Å²) in [5.74, 6) is 0.0340. The maximum Gasteiger partial charge on any atom is 0.255 e. The number of amides is 1. The van der Waals surface area contributed by atoms with E-state index in [0.717, 1.165) is 32.7 Å². The number of piperazine rings is 1. The number of aromatic nitrogens is 4. The van der Waals surface area contributed by atoms with E-state index in [1.54, 1.807) is 18.3 Å². The molecule has 0 atom stereocenters. The number of benzene rings is 1. The van der Waals surface area contributed by atoms with Crippen molar-refractivity contribution in [1.29, 1.82) is 0 Å². The molecule has 2 aromatic heterocycles. The summed E-state index contributed by atoms with van der Waals surface area (Å²) in [5.41, 5.74) is 2.56. The quantitative estimate of drug-likeness (QED) is 0.722. The van der Waals surface area contributed by atoms with Gasteiger partial charge in [0.05, 0.1) is 5.56 Å². The van der Waals surface area contributed by atoms with Gasteiger partial charge in [0.1, 0.15) is 0 Å².